The molecule has 1 aliphatic heterocycles. The molecule has 0 spiro atoms. The van der Waals surface area contributed by atoms with Crippen LogP contribution in [0.3, 0.4) is 0 Å². The topological polar surface area (TPSA) is 46.8 Å². The standard InChI is InChI=1S/C52H41N5/c1-36-16-11-12-25-44(36)46-33-39(28-30-48(46)54-42-22-9-4-10-23-42)40-29-31-50-47(34-40)45-26-13-14-27-49(45)56(50)43-24-15-21-41(32-43)52-55(35-37-17-5-2-6-18-37)57(52)51(53)38-19-7-3-8-20-38/h2-34,52-54H,35H2,1H3/t52?,55-,57?/m0/s1. The number of fused-ring (bicyclic) bond motifs is 3. The Kier molecular flexibility index (Phi) is 8.70. The lowest BCUT2D eigenvalue weighted by molar-refractivity contribution is 0.391. The van der Waals surface area contributed by atoms with Gasteiger partial charge in [0, 0.05) is 45.5 Å². The van der Waals surface area contributed by atoms with Gasteiger partial charge >= 0.3 is 0 Å². The number of benzene rings is 8. The second-order valence-corrected chi connectivity index (χ2v) is 14.8. The third-order valence-electron chi connectivity index (χ3n) is 11.1. The van der Waals surface area contributed by atoms with Crippen LogP contribution in [0.5, 0.6) is 0 Å². The van der Waals surface area contributed by atoms with Crippen LogP contribution in [0.1, 0.15) is 28.4 Å². The molecule has 9 aromatic rings. The second-order valence-electron chi connectivity index (χ2n) is 14.8. The van der Waals surface area contributed by atoms with Crippen LogP contribution in [0.4, 0.5) is 11.4 Å². The number of nitrogens with one attached hydrogen (secondary N) is 2. The molecule has 2 atom stereocenters. The molecule has 1 unspecified atom stereocenters. The Morgan fingerprint density at radius 3 is 2.04 bits per heavy atom. The lowest BCUT2D eigenvalue weighted by atomic mass is 9.94. The number of nitrogens with zero attached hydrogens (tertiary/aromatic N) is 3. The van der Waals surface area contributed by atoms with Crippen molar-refractivity contribution < 1.29 is 0 Å². The Labute approximate surface area is 333 Å². The van der Waals surface area contributed by atoms with Gasteiger partial charge in [-0.05, 0) is 94.9 Å². The van der Waals surface area contributed by atoms with E-state index in [2.05, 4.69) is 185 Å². The number of aryl methyl sites for hydroxylation is 1. The highest BCUT2D eigenvalue weighted by Gasteiger charge is 2.48. The number of hydrogen-bond donors (Lipinski definition) is 2. The molecule has 1 aromatic heterocycles. The molecule has 0 aliphatic carbocycles. The van der Waals surface area contributed by atoms with E-state index < -0.39 is 0 Å². The van der Waals surface area contributed by atoms with E-state index in [4.69, 9.17) is 0 Å². The summed E-state index contributed by atoms with van der Waals surface area (Å²) in [6, 6.07) is 70.7. The number of anilines is 2. The number of hydrogen-bond acceptors (Lipinski definition) is 3. The summed E-state index contributed by atoms with van der Waals surface area (Å²) in [4.78, 5) is 0. The molecule has 0 bridgehead atoms. The van der Waals surface area contributed by atoms with Crippen molar-refractivity contribution in [1.29, 1.82) is 5.41 Å². The zero-order valence-corrected chi connectivity index (χ0v) is 31.7. The summed E-state index contributed by atoms with van der Waals surface area (Å²) in [6.07, 6.45) is -0.0562. The summed E-state index contributed by atoms with van der Waals surface area (Å²) in [7, 11) is 0. The molecule has 2 heterocycles. The molecule has 1 aliphatic rings. The third-order valence-corrected chi connectivity index (χ3v) is 11.1. The van der Waals surface area contributed by atoms with Crippen LogP contribution in [-0.4, -0.2) is 20.4 Å². The molecule has 0 saturated carbocycles. The van der Waals surface area contributed by atoms with Gasteiger partial charge in [-0.3, -0.25) is 10.4 Å². The zero-order valence-electron chi connectivity index (χ0n) is 31.7. The van der Waals surface area contributed by atoms with Gasteiger partial charge in [0.05, 0.1) is 11.0 Å². The lowest BCUT2D eigenvalue weighted by Gasteiger charge is -2.16. The van der Waals surface area contributed by atoms with Gasteiger partial charge in [0.25, 0.3) is 0 Å². The average Bonchev–Trinajstić information content (AvgIpc) is 3.88. The maximum atomic E-state index is 9.23. The molecule has 5 heteroatoms. The van der Waals surface area contributed by atoms with Crippen LogP contribution in [0.25, 0.3) is 49.7 Å². The van der Waals surface area contributed by atoms with Gasteiger partial charge in [-0.1, -0.05) is 146 Å². The van der Waals surface area contributed by atoms with Crippen LogP contribution in [0, 0.1) is 12.3 Å². The van der Waals surface area contributed by atoms with Crippen molar-refractivity contribution in [2.75, 3.05) is 5.32 Å². The normalized spacial score (nSPS) is 14.9. The Bertz CT molecular complexity index is 2900. The molecular formula is C52H41N5. The van der Waals surface area contributed by atoms with E-state index in [9.17, 15) is 5.41 Å². The van der Waals surface area contributed by atoms with Gasteiger partial charge in [-0.2, -0.15) is 5.01 Å². The van der Waals surface area contributed by atoms with E-state index in [0.717, 1.165) is 45.8 Å². The fourth-order valence-corrected chi connectivity index (χ4v) is 8.29. The quantitative estimate of drug-likeness (QED) is 0.0881. The number of rotatable bonds is 9. The average molecular weight is 736 g/mol. The predicted molar refractivity (Wildman–Crippen MR) is 236 cm³/mol. The highest BCUT2D eigenvalue weighted by Crippen LogP contribution is 2.45. The first-order valence-corrected chi connectivity index (χ1v) is 19.5. The van der Waals surface area contributed by atoms with Crippen molar-refractivity contribution in [2.24, 2.45) is 0 Å². The van der Waals surface area contributed by atoms with Crippen LogP contribution in [0.2, 0.25) is 0 Å². The van der Waals surface area contributed by atoms with Crippen LogP contribution >= 0.6 is 0 Å². The number of amidine groups is 1. The van der Waals surface area contributed by atoms with E-state index in [-0.39, 0.29) is 6.17 Å². The Morgan fingerprint density at radius 2 is 1.23 bits per heavy atom. The molecular weight excluding hydrogens is 695 g/mol. The summed E-state index contributed by atoms with van der Waals surface area (Å²) in [5, 5.41) is 19.7. The first-order chi connectivity index (χ1) is 28.1. The highest BCUT2D eigenvalue weighted by atomic mass is 15.9. The molecule has 5 nitrogen and oxygen atoms in total. The number of hydrazine groups is 1. The predicted octanol–water partition coefficient (Wildman–Crippen LogP) is 12.9. The number of aromatic nitrogens is 1. The van der Waals surface area contributed by atoms with Crippen molar-refractivity contribution >= 4 is 39.0 Å². The van der Waals surface area contributed by atoms with E-state index in [1.807, 2.05) is 42.5 Å². The zero-order chi connectivity index (χ0) is 38.3. The molecule has 1 saturated heterocycles. The van der Waals surface area contributed by atoms with Crippen molar-refractivity contribution in [2.45, 2.75) is 19.6 Å². The minimum absolute atomic E-state index is 0.0562. The van der Waals surface area contributed by atoms with Crippen LogP contribution in [0.15, 0.2) is 200 Å². The summed E-state index contributed by atoms with van der Waals surface area (Å²) in [5.41, 5.74) is 14.8. The van der Waals surface area contributed by atoms with Crippen LogP contribution in [-0.2, 0) is 6.54 Å². The van der Waals surface area contributed by atoms with E-state index in [1.54, 1.807) is 0 Å². The minimum Gasteiger partial charge on any atom is -0.355 e. The lowest BCUT2D eigenvalue weighted by Crippen LogP contribution is -2.16. The molecule has 274 valence electrons. The van der Waals surface area contributed by atoms with Crippen molar-refractivity contribution in [3.63, 3.8) is 0 Å². The largest absolute Gasteiger partial charge is 0.355 e. The van der Waals surface area contributed by atoms with Crippen molar-refractivity contribution in [3.05, 3.63) is 222 Å². The van der Waals surface area contributed by atoms with Gasteiger partial charge in [0.1, 0.15) is 12.0 Å². The molecule has 8 aromatic carbocycles. The fourth-order valence-electron chi connectivity index (χ4n) is 8.29. The van der Waals surface area contributed by atoms with E-state index in [1.165, 1.54) is 44.2 Å². The van der Waals surface area contributed by atoms with E-state index >= 15 is 0 Å². The number of para-hydroxylation sites is 2. The summed E-state index contributed by atoms with van der Waals surface area (Å²) in [6.45, 7) is 2.90. The van der Waals surface area contributed by atoms with Crippen LogP contribution < -0.4 is 5.32 Å². The smallest absolute Gasteiger partial charge is 0.144 e. The first kappa shape index (κ1) is 34.3. The second kappa shape index (κ2) is 14.5. The van der Waals surface area contributed by atoms with Gasteiger partial charge in [-0.15, -0.1) is 0 Å². The van der Waals surface area contributed by atoms with E-state index in [0.29, 0.717) is 5.84 Å². The molecule has 2 N–H and O–H groups in total. The fraction of sp³-hybridized carbons (Fsp3) is 0.0577. The Hall–Kier alpha value is -7.21. The first-order valence-electron chi connectivity index (χ1n) is 19.5. The summed E-state index contributed by atoms with van der Waals surface area (Å²) < 4.78 is 2.39. The molecule has 0 radical (unpaired) electrons. The van der Waals surface area contributed by atoms with Crippen molar-refractivity contribution in [1.82, 2.24) is 14.6 Å². The SMILES string of the molecule is Cc1ccccc1-c1cc(-c2ccc3c(c2)c2ccccc2n3-c2cccc(C3N(C(=N)c4ccccc4)[N@@]3Cc3ccccc3)c2)ccc1Nc1ccccc1. The highest BCUT2D eigenvalue weighted by molar-refractivity contribution is 6.10. The maximum Gasteiger partial charge on any atom is 0.144 e. The van der Waals surface area contributed by atoms with Crippen molar-refractivity contribution in [3.8, 4) is 27.9 Å². The summed E-state index contributed by atoms with van der Waals surface area (Å²) >= 11 is 0. The maximum absolute atomic E-state index is 9.23. The Morgan fingerprint density at radius 1 is 0.561 bits per heavy atom. The third kappa shape index (κ3) is 6.44. The van der Waals surface area contributed by atoms with Gasteiger partial charge in [0.2, 0.25) is 0 Å². The monoisotopic (exact) mass is 735 g/mol. The molecule has 1 fully saturated rings. The van der Waals surface area contributed by atoms with Gasteiger partial charge < -0.3 is 9.88 Å². The Balaban J connectivity index is 1.05. The summed E-state index contributed by atoms with van der Waals surface area (Å²) in [5.74, 6) is 0.501. The molecule has 57 heavy (non-hydrogen) atoms. The van der Waals surface area contributed by atoms with Gasteiger partial charge in [0.15, 0.2) is 0 Å². The molecule has 0 amide bonds. The molecule has 10 rings (SSSR count). The van der Waals surface area contributed by atoms with Gasteiger partial charge in [-0.25, -0.2) is 0 Å². The minimum atomic E-state index is -0.0562.